The van der Waals surface area contributed by atoms with Crippen LogP contribution in [0.2, 0.25) is 0 Å². The highest BCUT2D eigenvalue weighted by Gasteiger charge is 2.53. The van der Waals surface area contributed by atoms with Crippen LogP contribution in [-0.2, 0) is 34.0 Å². The van der Waals surface area contributed by atoms with Gasteiger partial charge in [0.15, 0.2) is 29.2 Å². The number of amides is 1. The summed E-state index contributed by atoms with van der Waals surface area (Å²) in [6.07, 6.45) is -0.999. The van der Waals surface area contributed by atoms with Gasteiger partial charge in [-0.3, -0.25) is 14.8 Å². The third-order valence-corrected chi connectivity index (χ3v) is 12.0. The molecular weight excluding hydrogens is 695 g/mol. The highest BCUT2D eigenvalue weighted by atomic mass is 32.2. The summed E-state index contributed by atoms with van der Waals surface area (Å²) < 4.78 is 64.9. The van der Waals surface area contributed by atoms with Crippen LogP contribution in [0, 0.1) is 47.4 Å². The summed E-state index contributed by atoms with van der Waals surface area (Å²) in [4.78, 5) is 25.3. The first-order valence-corrected chi connectivity index (χ1v) is 18.4. The number of carbonyl (C=O) groups excluding carboxylic acids is 2. The van der Waals surface area contributed by atoms with Gasteiger partial charge in [0.1, 0.15) is 17.1 Å². The lowest BCUT2D eigenvalue weighted by Crippen LogP contribution is -2.51. The van der Waals surface area contributed by atoms with Crippen molar-refractivity contribution in [1.29, 1.82) is 0 Å². The van der Waals surface area contributed by atoms with Gasteiger partial charge in [0.25, 0.3) is 5.91 Å². The topological polar surface area (TPSA) is 162 Å². The van der Waals surface area contributed by atoms with E-state index in [1.165, 1.54) is 82.1 Å². The van der Waals surface area contributed by atoms with Crippen molar-refractivity contribution in [3.8, 4) is 58.9 Å². The van der Waals surface area contributed by atoms with Crippen LogP contribution in [0.1, 0.15) is 74.1 Å². The Morgan fingerprint density at radius 2 is 0.941 bits per heavy atom. The first kappa shape index (κ1) is 44.1. The zero-order valence-electron chi connectivity index (χ0n) is 30.4. The molecule has 0 radical (unpaired) electrons. The van der Waals surface area contributed by atoms with E-state index < -0.39 is 46.6 Å². The van der Waals surface area contributed by atoms with Gasteiger partial charge >= 0.3 is 5.97 Å². The maximum Gasteiger partial charge on any atom is 0.330 e. The van der Waals surface area contributed by atoms with Crippen molar-refractivity contribution in [2.24, 2.45) is 0 Å². The molecule has 11 nitrogen and oxygen atoms in total. The number of rotatable bonds is 12. The van der Waals surface area contributed by atoms with E-state index >= 15 is 0 Å². The summed E-state index contributed by atoms with van der Waals surface area (Å²) in [6.45, 7) is 11.3. The van der Waals surface area contributed by atoms with E-state index in [9.17, 15) is 26.4 Å². The van der Waals surface area contributed by atoms with Crippen LogP contribution in [0.5, 0.6) is 11.5 Å². The van der Waals surface area contributed by atoms with Gasteiger partial charge < -0.3 is 14.2 Å². The van der Waals surface area contributed by atoms with Crippen LogP contribution in [-0.4, -0.2) is 63.2 Å². The molecule has 13 heteroatoms. The fourth-order valence-corrected chi connectivity index (χ4v) is 7.89. The van der Waals surface area contributed by atoms with E-state index in [0.29, 0.717) is 11.5 Å². The molecule has 51 heavy (non-hydrogen) atoms. The number of esters is 1. The molecule has 0 atom stereocenters. The van der Waals surface area contributed by atoms with Crippen LogP contribution >= 0.6 is 0 Å². The number of hydrogen-bond acceptors (Lipinski definition) is 10. The molecule has 0 saturated heterocycles. The SMILES string of the molecule is CC#CCC(CC#CC)(C(=O)NO)S(=O)(=O)c1ccc(OC)cc1.CC#CCC(CC#CC)(C(=O)OC(C)(C)C)S(=O)(=O)c1ccc(OC)cc1. The predicted octanol–water partition coefficient (Wildman–Crippen LogP) is 4.92. The van der Waals surface area contributed by atoms with Crippen molar-refractivity contribution < 1.29 is 45.8 Å². The number of ether oxygens (including phenoxy) is 3. The predicted molar refractivity (Wildman–Crippen MR) is 194 cm³/mol. The highest BCUT2D eigenvalue weighted by Crippen LogP contribution is 2.36. The second-order valence-corrected chi connectivity index (χ2v) is 16.2. The Morgan fingerprint density at radius 3 is 1.22 bits per heavy atom. The molecule has 0 heterocycles. The molecular formula is C38H45NO10S2. The van der Waals surface area contributed by atoms with E-state index in [0.717, 1.165) is 0 Å². The van der Waals surface area contributed by atoms with Crippen LogP contribution in [0.15, 0.2) is 58.3 Å². The average molecular weight is 740 g/mol. The Labute approximate surface area is 302 Å². The number of hydroxylamine groups is 1. The lowest BCUT2D eigenvalue weighted by Gasteiger charge is -2.31. The lowest BCUT2D eigenvalue weighted by molar-refractivity contribution is -0.158. The first-order chi connectivity index (χ1) is 23.9. The third-order valence-electron chi connectivity index (χ3n) is 7.26. The Balaban J connectivity index is 0.000000514. The average Bonchev–Trinajstić information content (AvgIpc) is 3.11. The van der Waals surface area contributed by atoms with Gasteiger partial charge in [0.05, 0.1) is 24.0 Å². The third kappa shape index (κ3) is 10.8. The van der Waals surface area contributed by atoms with Gasteiger partial charge in [-0.05, 0) is 97.0 Å². The second-order valence-electron chi connectivity index (χ2n) is 11.7. The number of sulfone groups is 2. The zero-order valence-corrected chi connectivity index (χ0v) is 32.0. The molecule has 274 valence electrons. The molecule has 0 bridgehead atoms. The molecule has 1 amide bonds. The van der Waals surface area contributed by atoms with Crippen molar-refractivity contribution in [3.05, 3.63) is 48.5 Å². The number of nitrogens with one attached hydrogen (secondary N) is 1. The summed E-state index contributed by atoms with van der Waals surface area (Å²) in [5, 5.41) is 9.08. The Morgan fingerprint density at radius 1 is 0.627 bits per heavy atom. The molecule has 2 aromatic carbocycles. The number of carbonyl (C=O) groups is 2. The molecule has 0 spiro atoms. The van der Waals surface area contributed by atoms with Crippen molar-refractivity contribution in [1.82, 2.24) is 5.48 Å². The van der Waals surface area contributed by atoms with Gasteiger partial charge in [-0.15, -0.1) is 47.4 Å². The summed E-state index contributed by atoms with van der Waals surface area (Å²) in [6, 6.07) is 11.5. The summed E-state index contributed by atoms with van der Waals surface area (Å²) in [5.74, 6) is 20.3. The monoisotopic (exact) mass is 739 g/mol. The fraction of sp³-hybridized carbons (Fsp3) is 0.421. The fourth-order valence-electron chi connectivity index (χ4n) is 4.40. The van der Waals surface area contributed by atoms with E-state index in [1.807, 2.05) is 0 Å². The maximum absolute atomic E-state index is 13.5. The van der Waals surface area contributed by atoms with E-state index in [1.54, 1.807) is 34.6 Å². The van der Waals surface area contributed by atoms with Crippen LogP contribution in [0.3, 0.4) is 0 Å². The summed E-state index contributed by atoms with van der Waals surface area (Å²) in [5.41, 5.74) is 0.594. The number of benzene rings is 2. The second kappa shape index (κ2) is 19.5. The van der Waals surface area contributed by atoms with Gasteiger partial charge in [-0.2, -0.15) is 0 Å². The van der Waals surface area contributed by atoms with Crippen molar-refractivity contribution >= 4 is 31.6 Å². The van der Waals surface area contributed by atoms with E-state index in [4.69, 9.17) is 19.4 Å². The summed E-state index contributed by atoms with van der Waals surface area (Å²) >= 11 is 0. The molecule has 0 aliphatic carbocycles. The Hall–Kier alpha value is -4.92. The molecule has 0 aliphatic heterocycles. The quantitative estimate of drug-likeness (QED) is 0.132. The molecule has 0 saturated carbocycles. The molecule has 0 unspecified atom stereocenters. The van der Waals surface area contributed by atoms with Crippen LogP contribution in [0.4, 0.5) is 0 Å². The minimum Gasteiger partial charge on any atom is -0.497 e. The van der Waals surface area contributed by atoms with Gasteiger partial charge in [0, 0.05) is 25.7 Å². The molecule has 0 fully saturated rings. The lowest BCUT2D eigenvalue weighted by atomic mass is 10.00. The molecule has 0 aromatic heterocycles. The summed E-state index contributed by atoms with van der Waals surface area (Å²) in [7, 11) is -5.37. The largest absolute Gasteiger partial charge is 0.497 e. The molecule has 2 rings (SSSR count). The van der Waals surface area contributed by atoms with Gasteiger partial charge in [-0.25, -0.2) is 22.3 Å². The highest BCUT2D eigenvalue weighted by molar-refractivity contribution is 7.94. The molecule has 2 aromatic rings. The minimum absolute atomic E-state index is 0.00929. The minimum atomic E-state index is -4.18. The van der Waals surface area contributed by atoms with Gasteiger partial charge in [-0.1, -0.05) is 0 Å². The number of methoxy groups -OCH3 is 2. The molecule has 2 N–H and O–H groups in total. The van der Waals surface area contributed by atoms with Crippen molar-refractivity contribution in [2.75, 3.05) is 14.2 Å². The van der Waals surface area contributed by atoms with Crippen LogP contribution in [0.25, 0.3) is 0 Å². The Kier molecular flexibility index (Phi) is 16.8. The zero-order chi connectivity index (χ0) is 38.9. The molecule has 0 aliphatic rings. The standard InChI is InChI=1S/C21H26O5S.C17H19NO5S/c1-7-9-15-21(16-10-8-2,19(22)26-20(3,4)5)27(23,24)18-13-11-17(25-6)12-14-18;1-4-6-12-17(13-7-5-2,16(19)18-20)24(21,22)15-10-8-14(23-3)9-11-15/h11-14H,15-16H2,1-6H3;8-11,20H,12-13H2,1-3H3,(H,18,19). The first-order valence-electron chi connectivity index (χ1n) is 15.5. The van der Waals surface area contributed by atoms with E-state index in [2.05, 4.69) is 47.4 Å². The van der Waals surface area contributed by atoms with E-state index in [-0.39, 0.29) is 35.5 Å². The van der Waals surface area contributed by atoms with Crippen LogP contribution < -0.4 is 15.0 Å². The smallest absolute Gasteiger partial charge is 0.330 e. The normalized spacial score (nSPS) is 11.1. The number of hydrogen-bond donors (Lipinski definition) is 2. The Bertz CT molecular complexity index is 1940. The van der Waals surface area contributed by atoms with Gasteiger partial charge in [0.2, 0.25) is 0 Å². The van der Waals surface area contributed by atoms with Crippen molar-refractivity contribution in [2.45, 2.75) is 99.0 Å². The van der Waals surface area contributed by atoms with Crippen molar-refractivity contribution in [3.63, 3.8) is 0 Å². The maximum atomic E-state index is 13.5.